The van der Waals surface area contributed by atoms with Crippen LogP contribution in [-0.4, -0.2) is 33.7 Å². The molecular formula is C24H24N4O6. The second-order valence-corrected chi connectivity index (χ2v) is 7.94. The number of carbonyl (C=O) groups is 2. The summed E-state index contributed by atoms with van der Waals surface area (Å²) in [4.78, 5) is 45.1. The van der Waals surface area contributed by atoms with E-state index in [2.05, 4.69) is 10.6 Å². The van der Waals surface area contributed by atoms with Crippen LogP contribution < -0.4 is 10.6 Å². The fourth-order valence-electron chi connectivity index (χ4n) is 3.71. The largest absolute Gasteiger partial charge is 0.350 e. The van der Waals surface area contributed by atoms with E-state index in [1.807, 2.05) is 0 Å². The number of nitro benzene ring substituents is 2. The third-order valence-corrected chi connectivity index (χ3v) is 5.44. The molecule has 0 atom stereocenters. The number of benzene rings is 2. The summed E-state index contributed by atoms with van der Waals surface area (Å²) < 4.78 is 0. The van der Waals surface area contributed by atoms with Gasteiger partial charge in [-0.25, -0.2) is 0 Å². The summed E-state index contributed by atoms with van der Waals surface area (Å²) in [6, 6.07) is 12.0. The zero-order valence-corrected chi connectivity index (χ0v) is 18.3. The van der Waals surface area contributed by atoms with Gasteiger partial charge in [0.1, 0.15) is 0 Å². The van der Waals surface area contributed by atoms with Crippen LogP contribution in [0.3, 0.4) is 0 Å². The number of hydrogen-bond donors (Lipinski definition) is 2. The van der Waals surface area contributed by atoms with Gasteiger partial charge in [-0.15, -0.1) is 0 Å². The minimum absolute atomic E-state index is 0.0178. The highest BCUT2D eigenvalue weighted by atomic mass is 16.6. The maximum atomic E-state index is 12.2. The van der Waals surface area contributed by atoms with Crippen LogP contribution in [0.5, 0.6) is 0 Å². The number of nitrogens with one attached hydrogen (secondary N) is 2. The maximum absolute atomic E-state index is 12.2. The van der Waals surface area contributed by atoms with Gasteiger partial charge in [0.15, 0.2) is 0 Å². The molecule has 0 unspecified atom stereocenters. The van der Waals surface area contributed by atoms with Crippen molar-refractivity contribution >= 4 is 35.3 Å². The zero-order chi connectivity index (χ0) is 24.5. The summed E-state index contributed by atoms with van der Waals surface area (Å²) in [6.45, 7) is 0. The van der Waals surface area contributed by atoms with Crippen molar-refractivity contribution in [2.24, 2.45) is 0 Å². The van der Waals surface area contributed by atoms with E-state index in [1.54, 1.807) is 24.3 Å². The van der Waals surface area contributed by atoms with Gasteiger partial charge in [0.25, 0.3) is 11.4 Å². The summed E-state index contributed by atoms with van der Waals surface area (Å²) in [7, 11) is 0. The summed E-state index contributed by atoms with van der Waals surface area (Å²) in [6.07, 6.45) is 8.58. The lowest BCUT2D eigenvalue weighted by Gasteiger charge is -2.29. The molecule has 0 bridgehead atoms. The molecule has 34 heavy (non-hydrogen) atoms. The Morgan fingerprint density at radius 2 is 1.12 bits per heavy atom. The maximum Gasteiger partial charge on any atom is 0.270 e. The highest BCUT2D eigenvalue weighted by Gasteiger charge is 2.22. The van der Waals surface area contributed by atoms with Crippen LogP contribution in [0.25, 0.3) is 12.2 Å². The number of nitro groups is 2. The highest BCUT2D eigenvalue weighted by molar-refractivity contribution is 5.92. The van der Waals surface area contributed by atoms with Crippen LogP contribution in [0.4, 0.5) is 11.4 Å². The van der Waals surface area contributed by atoms with Gasteiger partial charge in [-0.2, -0.15) is 0 Å². The lowest BCUT2D eigenvalue weighted by Crippen LogP contribution is -2.43. The number of amides is 2. The number of hydrogen-bond acceptors (Lipinski definition) is 6. The predicted molar refractivity (Wildman–Crippen MR) is 127 cm³/mol. The molecule has 0 spiro atoms. The Bertz CT molecular complexity index is 1050. The van der Waals surface area contributed by atoms with Crippen molar-refractivity contribution in [1.82, 2.24) is 10.6 Å². The van der Waals surface area contributed by atoms with Gasteiger partial charge in [0, 0.05) is 48.5 Å². The molecule has 0 aromatic heterocycles. The van der Waals surface area contributed by atoms with Crippen molar-refractivity contribution in [2.75, 3.05) is 0 Å². The van der Waals surface area contributed by atoms with Crippen LogP contribution in [0.1, 0.15) is 36.8 Å². The van der Waals surface area contributed by atoms with Crippen molar-refractivity contribution in [3.05, 3.63) is 92.0 Å². The fourth-order valence-corrected chi connectivity index (χ4v) is 3.71. The topological polar surface area (TPSA) is 144 Å². The lowest BCUT2D eigenvalue weighted by molar-refractivity contribution is -0.385. The van der Waals surface area contributed by atoms with E-state index in [0.29, 0.717) is 36.8 Å². The second-order valence-electron chi connectivity index (χ2n) is 7.94. The molecule has 2 aromatic carbocycles. The first kappa shape index (κ1) is 24.3. The molecule has 1 aliphatic rings. The van der Waals surface area contributed by atoms with Gasteiger partial charge in [0.2, 0.25) is 11.8 Å². The fraction of sp³-hybridized carbons (Fsp3) is 0.250. The molecule has 1 fully saturated rings. The molecule has 10 heteroatoms. The molecule has 3 rings (SSSR count). The van der Waals surface area contributed by atoms with Gasteiger partial charge < -0.3 is 10.6 Å². The Hall–Kier alpha value is -4.34. The Morgan fingerprint density at radius 1 is 0.735 bits per heavy atom. The van der Waals surface area contributed by atoms with Crippen molar-refractivity contribution in [2.45, 2.75) is 37.8 Å². The number of nitrogens with zero attached hydrogens (tertiary/aromatic N) is 2. The zero-order valence-electron chi connectivity index (χ0n) is 18.3. The van der Waals surface area contributed by atoms with E-state index in [9.17, 15) is 29.8 Å². The smallest absolute Gasteiger partial charge is 0.270 e. The first-order valence-corrected chi connectivity index (χ1v) is 10.8. The van der Waals surface area contributed by atoms with Crippen molar-refractivity contribution < 1.29 is 19.4 Å². The van der Waals surface area contributed by atoms with Crippen LogP contribution in [0, 0.1) is 20.2 Å². The van der Waals surface area contributed by atoms with E-state index in [0.717, 1.165) is 0 Å². The molecule has 176 valence electrons. The van der Waals surface area contributed by atoms with E-state index in [-0.39, 0.29) is 35.3 Å². The molecule has 0 radical (unpaired) electrons. The summed E-state index contributed by atoms with van der Waals surface area (Å²) in [5.41, 5.74) is 1.05. The summed E-state index contributed by atoms with van der Waals surface area (Å²) in [5.74, 6) is -0.558. The normalized spacial score (nSPS) is 18.0. The van der Waals surface area contributed by atoms with E-state index >= 15 is 0 Å². The number of rotatable bonds is 8. The Balaban J connectivity index is 1.42. The van der Waals surface area contributed by atoms with Gasteiger partial charge >= 0.3 is 0 Å². The average molecular weight is 464 g/mol. The van der Waals surface area contributed by atoms with Gasteiger partial charge in [-0.3, -0.25) is 29.8 Å². The molecule has 1 saturated carbocycles. The molecule has 10 nitrogen and oxygen atoms in total. The molecule has 0 aliphatic heterocycles. The molecule has 0 heterocycles. The van der Waals surface area contributed by atoms with E-state index in [4.69, 9.17) is 0 Å². The van der Waals surface area contributed by atoms with Gasteiger partial charge in [-0.05, 0) is 49.0 Å². The predicted octanol–water partition coefficient (Wildman–Crippen LogP) is 3.77. The molecular weight excluding hydrogens is 440 g/mol. The van der Waals surface area contributed by atoms with Gasteiger partial charge in [-0.1, -0.05) is 24.3 Å². The SMILES string of the molecule is O=C(C=Cc1cccc([N+](=O)[O-])c1)NC1CCC(NC(=O)C=Cc2cccc([N+](=O)[O-])c2)CC1. The van der Waals surface area contributed by atoms with Crippen LogP contribution >= 0.6 is 0 Å². The van der Waals surface area contributed by atoms with Crippen molar-refractivity contribution in [1.29, 1.82) is 0 Å². The lowest BCUT2D eigenvalue weighted by atomic mass is 9.91. The second kappa shape index (κ2) is 11.5. The molecule has 1 aliphatic carbocycles. The molecule has 0 saturated heterocycles. The van der Waals surface area contributed by atoms with Crippen LogP contribution in [0.2, 0.25) is 0 Å². The molecule has 2 aromatic rings. The molecule has 2 N–H and O–H groups in total. The summed E-state index contributed by atoms with van der Waals surface area (Å²) >= 11 is 0. The quantitative estimate of drug-likeness (QED) is 0.346. The van der Waals surface area contributed by atoms with Crippen LogP contribution in [0.15, 0.2) is 60.7 Å². The minimum Gasteiger partial charge on any atom is -0.350 e. The first-order chi connectivity index (χ1) is 16.3. The standard InChI is InChI=1S/C24H24N4O6/c29-23(13-7-17-3-1-5-21(15-17)27(31)32)25-19-9-11-20(12-10-19)26-24(30)14-8-18-4-2-6-22(16-18)28(33)34/h1-8,13-16,19-20H,9-12H2,(H,25,29)(H,26,30). The Morgan fingerprint density at radius 3 is 1.47 bits per heavy atom. The summed E-state index contributed by atoms with van der Waals surface area (Å²) in [5, 5.41) is 27.5. The first-order valence-electron chi connectivity index (χ1n) is 10.8. The Labute approximate surface area is 195 Å². The van der Waals surface area contributed by atoms with E-state index < -0.39 is 9.85 Å². The average Bonchev–Trinajstić information content (AvgIpc) is 2.83. The number of carbonyl (C=O) groups excluding carboxylic acids is 2. The van der Waals surface area contributed by atoms with Gasteiger partial charge in [0.05, 0.1) is 9.85 Å². The number of non-ortho nitro benzene ring substituents is 2. The van der Waals surface area contributed by atoms with Crippen molar-refractivity contribution in [3.63, 3.8) is 0 Å². The Kier molecular flexibility index (Phi) is 8.22. The third-order valence-electron chi connectivity index (χ3n) is 5.44. The van der Waals surface area contributed by atoms with Crippen LogP contribution in [-0.2, 0) is 9.59 Å². The monoisotopic (exact) mass is 464 g/mol. The molecule has 2 amide bonds. The third kappa shape index (κ3) is 7.37. The van der Waals surface area contributed by atoms with Crippen molar-refractivity contribution in [3.8, 4) is 0 Å². The van der Waals surface area contributed by atoms with E-state index in [1.165, 1.54) is 48.6 Å². The minimum atomic E-state index is -0.488. The highest BCUT2D eigenvalue weighted by Crippen LogP contribution is 2.19.